The molecule has 1 aromatic heterocycles. The topological polar surface area (TPSA) is 82.7 Å². The molecule has 27 heavy (non-hydrogen) atoms. The minimum absolute atomic E-state index is 0.283. The molecule has 0 fully saturated rings. The monoisotopic (exact) mass is 417 g/mol. The third kappa shape index (κ3) is 4.19. The number of benzene rings is 2. The number of hydrogen-bond acceptors (Lipinski definition) is 4. The first kappa shape index (κ1) is 19.1. The van der Waals surface area contributed by atoms with Crippen molar-refractivity contribution in [2.24, 2.45) is 0 Å². The SMILES string of the molecule is CSc1nn(-c2ccccc2)c(NC(=O)Nc2ccc(Cl)c(Cl)c2)c1C#N. The molecule has 0 unspecified atom stereocenters. The lowest BCUT2D eigenvalue weighted by molar-refractivity contribution is 0.262. The molecular weight excluding hydrogens is 405 g/mol. The van der Waals surface area contributed by atoms with E-state index >= 15 is 0 Å². The van der Waals surface area contributed by atoms with Crippen LogP contribution in [0.4, 0.5) is 16.3 Å². The number of anilines is 2. The molecule has 0 saturated heterocycles. The van der Waals surface area contributed by atoms with Crippen molar-refractivity contribution in [3.05, 3.63) is 64.1 Å². The van der Waals surface area contributed by atoms with E-state index in [4.69, 9.17) is 23.2 Å². The molecule has 0 radical (unpaired) electrons. The Morgan fingerprint density at radius 1 is 1.15 bits per heavy atom. The first-order valence-electron chi connectivity index (χ1n) is 7.69. The van der Waals surface area contributed by atoms with Crippen molar-refractivity contribution in [3.63, 3.8) is 0 Å². The summed E-state index contributed by atoms with van der Waals surface area (Å²) in [6, 6.07) is 15.6. The van der Waals surface area contributed by atoms with Gasteiger partial charge in [-0.3, -0.25) is 5.32 Å². The lowest BCUT2D eigenvalue weighted by atomic mass is 10.3. The molecule has 3 aromatic rings. The number of amides is 2. The van der Waals surface area contributed by atoms with Crippen LogP contribution in [-0.4, -0.2) is 22.1 Å². The highest BCUT2D eigenvalue weighted by Gasteiger charge is 2.20. The predicted molar refractivity (Wildman–Crippen MR) is 109 cm³/mol. The first-order valence-corrected chi connectivity index (χ1v) is 9.67. The van der Waals surface area contributed by atoms with Gasteiger partial charge in [-0.15, -0.1) is 11.8 Å². The molecule has 6 nitrogen and oxygen atoms in total. The normalized spacial score (nSPS) is 10.3. The average Bonchev–Trinajstić information content (AvgIpc) is 3.02. The van der Waals surface area contributed by atoms with Crippen LogP contribution in [0.2, 0.25) is 10.0 Å². The van der Waals surface area contributed by atoms with E-state index in [2.05, 4.69) is 21.8 Å². The van der Waals surface area contributed by atoms with E-state index in [0.29, 0.717) is 20.8 Å². The molecule has 2 N–H and O–H groups in total. The van der Waals surface area contributed by atoms with Crippen molar-refractivity contribution in [1.82, 2.24) is 9.78 Å². The van der Waals surface area contributed by atoms with Crippen LogP contribution in [-0.2, 0) is 0 Å². The summed E-state index contributed by atoms with van der Waals surface area (Å²) < 4.78 is 1.53. The van der Waals surface area contributed by atoms with Gasteiger partial charge in [-0.1, -0.05) is 41.4 Å². The Kier molecular flexibility index (Phi) is 5.91. The van der Waals surface area contributed by atoms with E-state index in [1.54, 1.807) is 12.1 Å². The highest BCUT2D eigenvalue weighted by atomic mass is 35.5. The maximum Gasteiger partial charge on any atom is 0.324 e. The van der Waals surface area contributed by atoms with Gasteiger partial charge in [0.25, 0.3) is 0 Å². The van der Waals surface area contributed by atoms with Gasteiger partial charge in [0, 0.05) is 5.69 Å². The molecule has 0 atom stereocenters. The number of carbonyl (C=O) groups excluding carboxylic acids is 1. The number of nitrogens with zero attached hydrogens (tertiary/aromatic N) is 3. The second-order valence-corrected chi connectivity index (χ2v) is 6.91. The fourth-order valence-electron chi connectivity index (χ4n) is 2.36. The number of halogens is 2. The van der Waals surface area contributed by atoms with Gasteiger partial charge in [-0.05, 0) is 36.6 Å². The molecule has 1 heterocycles. The van der Waals surface area contributed by atoms with Crippen LogP contribution in [0.1, 0.15) is 5.56 Å². The smallest absolute Gasteiger partial charge is 0.308 e. The number of hydrogen-bond donors (Lipinski definition) is 2. The lowest BCUT2D eigenvalue weighted by Crippen LogP contribution is -2.22. The van der Waals surface area contributed by atoms with Gasteiger partial charge in [0.1, 0.15) is 16.7 Å². The van der Waals surface area contributed by atoms with E-state index in [1.165, 1.54) is 22.5 Å². The fraction of sp³-hybridized carbons (Fsp3) is 0.0556. The molecule has 136 valence electrons. The number of urea groups is 1. The van der Waals surface area contributed by atoms with Crippen LogP contribution in [0.15, 0.2) is 53.6 Å². The number of rotatable bonds is 4. The summed E-state index contributed by atoms with van der Waals surface area (Å²) in [5.74, 6) is 0.283. The van der Waals surface area contributed by atoms with Crippen molar-refractivity contribution >= 4 is 52.5 Å². The molecular formula is C18H13Cl2N5OS. The molecule has 2 aromatic carbocycles. The predicted octanol–water partition coefficient (Wildman–Crippen LogP) is 5.42. The van der Waals surface area contributed by atoms with Crippen LogP contribution in [0, 0.1) is 11.3 Å². The molecule has 0 saturated carbocycles. The first-order chi connectivity index (χ1) is 13.0. The van der Waals surface area contributed by atoms with Crippen LogP contribution >= 0.6 is 35.0 Å². The number of para-hydroxylation sites is 1. The second-order valence-electron chi connectivity index (χ2n) is 5.30. The Bertz CT molecular complexity index is 1030. The number of nitriles is 1. The van der Waals surface area contributed by atoms with Crippen LogP contribution < -0.4 is 10.6 Å². The van der Waals surface area contributed by atoms with Crippen LogP contribution in [0.3, 0.4) is 0 Å². The standard InChI is InChI=1S/C18H13Cl2N5OS/c1-27-17-13(10-21)16(25(24-17)12-5-3-2-4-6-12)23-18(26)22-11-7-8-14(19)15(20)9-11/h2-9H,1H3,(H2,22,23,26). The summed E-state index contributed by atoms with van der Waals surface area (Å²) in [5.41, 5.74) is 1.48. The summed E-state index contributed by atoms with van der Waals surface area (Å²) in [6.45, 7) is 0. The highest BCUT2D eigenvalue weighted by molar-refractivity contribution is 7.98. The number of carbonyl (C=O) groups is 1. The number of nitrogens with one attached hydrogen (secondary N) is 2. The zero-order valence-corrected chi connectivity index (χ0v) is 16.4. The van der Waals surface area contributed by atoms with Crippen molar-refractivity contribution in [2.75, 3.05) is 16.9 Å². The molecule has 0 spiro atoms. The Labute approximate surface area is 170 Å². The molecule has 9 heteroatoms. The van der Waals surface area contributed by atoms with Crippen LogP contribution in [0.25, 0.3) is 5.69 Å². The second kappa shape index (κ2) is 8.35. The van der Waals surface area contributed by atoms with E-state index < -0.39 is 6.03 Å². The summed E-state index contributed by atoms with van der Waals surface area (Å²) in [7, 11) is 0. The molecule has 0 aliphatic carbocycles. The minimum atomic E-state index is -0.533. The van der Waals surface area contributed by atoms with Crippen molar-refractivity contribution in [1.29, 1.82) is 5.26 Å². The fourth-order valence-corrected chi connectivity index (χ4v) is 3.16. The van der Waals surface area contributed by atoms with Gasteiger partial charge in [0.2, 0.25) is 0 Å². The maximum absolute atomic E-state index is 12.5. The van der Waals surface area contributed by atoms with Gasteiger partial charge in [-0.25, -0.2) is 9.48 Å². The molecule has 2 amide bonds. The van der Waals surface area contributed by atoms with Crippen LogP contribution in [0.5, 0.6) is 0 Å². The number of aromatic nitrogens is 2. The quantitative estimate of drug-likeness (QED) is 0.555. The van der Waals surface area contributed by atoms with Gasteiger partial charge in [0.05, 0.1) is 15.7 Å². The van der Waals surface area contributed by atoms with Gasteiger partial charge < -0.3 is 5.32 Å². The third-order valence-corrected chi connectivity index (χ3v) is 4.98. The summed E-state index contributed by atoms with van der Waals surface area (Å²) in [5, 5.41) is 20.6. The lowest BCUT2D eigenvalue weighted by Gasteiger charge is -2.11. The Morgan fingerprint density at radius 2 is 1.89 bits per heavy atom. The minimum Gasteiger partial charge on any atom is -0.308 e. The van der Waals surface area contributed by atoms with Gasteiger partial charge in [-0.2, -0.15) is 10.4 Å². The molecule has 0 aliphatic heterocycles. The van der Waals surface area contributed by atoms with E-state index in [9.17, 15) is 10.1 Å². The summed E-state index contributed by atoms with van der Waals surface area (Å²) in [4.78, 5) is 12.5. The van der Waals surface area contributed by atoms with E-state index in [-0.39, 0.29) is 11.4 Å². The van der Waals surface area contributed by atoms with E-state index in [1.807, 2.05) is 36.6 Å². The van der Waals surface area contributed by atoms with Gasteiger partial charge in [0.15, 0.2) is 5.82 Å². The molecule has 0 aliphatic rings. The zero-order chi connectivity index (χ0) is 19.4. The average molecular weight is 418 g/mol. The molecule has 0 bridgehead atoms. The summed E-state index contributed by atoms with van der Waals surface area (Å²) >= 11 is 13.2. The third-order valence-electron chi connectivity index (χ3n) is 3.57. The Balaban J connectivity index is 1.93. The largest absolute Gasteiger partial charge is 0.324 e. The molecule has 3 rings (SSSR count). The maximum atomic E-state index is 12.5. The summed E-state index contributed by atoms with van der Waals surface area (Å²) in [6.07, 6.45) is 1.82. The zero-order valence-electron chi connectivity index (χ0n) is 14.0. The van der Waals surface area contributed by atoms with Crippen molar-refractivity contribution in [2.45, 2.75) is 5.03 Å². The van der Waals surface area contributed by atoms with Gasteiger partial charge >= 0.3 is 6.03 Å². The van der Waals surface area contributed by atoms with E-state index in [0.717, 1.165) is 5.69 Å². The van der Waals surface area contributed by atoms with Crippen molar-refractivity contribution in [3.8, 4) is 11.8 Å². The Hall–Kier alpha value is -2.66. The highest BCUT2D eigenvalue weighted by Crippen LogP contribution is 2.29. The Morgan fingerprint density at radius 3 is 2.52 bits per heavy atom. The van der Waals surface area contributed by atoms with Crippen molar-refractivity contribution < 1.29 is 4.79 Å². The number of thioether (sulfide) groups is 1.